The summed E-state index contributed by atoms with van der Waals surface area (Å²) in [5.41, 5.74) is 0. The second-order valence-electron chi connectivity index (χ2n) is 7.15. The van der Waals surface area contributed by atoms with Gasteiger partial charge >= 0.3 is 0 Å². The van der Waals surface area contributed by atoms with Crippen molar-refractivity contribution in [2.45, 2.75) is 12.8 Å². The Labute approximate surface area is 142 Å². The standard InChI is InChI=1S/C16H34N4O2S/c1-17-7-11-19(12-8-17)5-3-15-23(21,22)16-4-6-20-13-9-18(2)10-14-20/h3-16H2,1-2H3. The molecule has 0 aromatic heterocycles. The van der Waals surface area contributed by atoms with Crippen LogP contribution >= 0.6 is 0 Å². The number of rotatable bonds is 8. The van der Waals surface area contributed by atoms with E-state index in [-0.39, 0.29) is 0 Å². The zero-order valence-corrected chi connectivity index (χ0v) is 15.7. The van der Waals surface area contributed by atoms with Crippen molar-refractivity contribution in [3.8, 4) is 0 Å². The van der Waals surface area contributed by atoms with Crippen molar-refractivity contribution in [1.29, 1.82) is 0 Å². The van der Waals surface area contributed by atoms with Crippen LogP contribution in [0.15, 0.2) is 0 Å². The monoisotopic (exact) mass is 346 g/mol. The van der Waals surface area contributed by atoms with Crippen molar-refractivity contribution in [2.24, 2.45) is 0 Å². The molecule has 0 spiro atoms. The predicted octanol–water partition coefficient (Wildman–Crippen LogP) is -0.324. The number of hydrogen-bond donors (Lipinski definition) is 0. The zero-order chi connectivity index (χ0) is 16.7. The maximum Gasteiger partial charge on any atom is 0.150 e. The molecule has 2 aliphatic rings. The zero-order valence-electron chi connectivity index (χ0n) is 14.9. The van der Waals surface area contributed by atoms with Crippen molar-refractivity contribution in [2.75, 3.05) is 91.0 Å². The molecule has 2 fully saturated rings. The third-order valence-corrected chi connectivity index (χ3v) is 6.87. The van der Waals surface area contributed by atoms with E-state index < -0.39 is 9.84 Å². The van der Waals surface area contributed by atoms with Gasteiger partial charge in [-0.3, -0.25) is 0 Å². The van der Waals surface area contributed by atoms with Crippen LogP contribution in [0.3, 0.4) is 0 Å². The second-order valence-corrected chi connectivity index (χ2v) is 9.45. The molecular weight excluding hydrogens is 312 g/mol. The summed E-state index contributed by atoms with van der Waals surface area (Å²) in [7, 11) is 1.40. The lowest BCUT2D eigenvalue weighted by Crippen LogP contribution is -2.45. The Balaban J connectivity index is 1.55. The average Bonchev–Trinajstić information content (AvgIpc) is 2.51. The van der Waals surface area contributed by atoms with E-state index in [2.05, 4.69) is 33.7 Å². The van der Waals surface area contributed by atoms with Crippen molar-refractivity contribution in [3.05, 3.63) is 0 Å². The fourth-order valence-electron chi connectivity index (χ4n) is 3.26. The summed E-state index contributed by atoms with van der Waals surface area (Å²) in [6.07, 6.45) is 1.56. The van der Waals surface area contributed by atoms with E-state index in [0.29, 0.717) is 11.5 Å². The summed E-state index contributed by atoms with van der Waals surface area (Å²) in [6.45, 7) is 10.5. The van der Waals surface area contributed by atoms with Gasteiger partial charge in [-0.15, -0.1) is 0 Å². The molecule has 0 aromatic carbocycles. The van der Waals surface area contributed by atoms with E-state index >= 15 is 0 Å². The molecule has 7 heteroatoms. The number of hydrogen-bond acceptors (Lipinski definition) is 6. The Hall–Kier alpha value is -0.210. The van der Waals surface area contributed by atoms with Gasteiger partial charge in [0.2, 0.25) is 0 Å². The third kappa shape index (κ3) is 7.47. The summed E-state index contributed by atoms with van der Waals surface area (Å²) >= 11 is 0. The Morgan fingerprint density at radius 2 is 1.00 bits per heavy atom. The van der Waals surface area contributed by atoms with Crippen molar-refractivity contribution < 1.29 is 8.42 Å². The van der Waals surface area contributed by atoms with Gasteiger partial charge in [-0.2, -0.15) is 0 Å². The van der Waals surface area contributed by atoms with Gasteiger partial charge in [0.15, 0.2) is 0 Å². The van der Waals surface area contributed by atoms with E-state index in [9.17, 15) is 8.42 Å². The lowest BCUT2D eigenvalue weighted by molar-refractivity contribution is 0.154. The molecule has 136 valence electrons. The average molecular weight is 347 g/mol. The number of sulfone groups is 1. The number of nitrogens with zero attached hydrogens (tertiary/aromatic N) is 4. The van der Waals surface area contributed by atoms with Crippen molar-refractivity contribution in [3.63, 3.8) is 0 Å². The van der Waals surface area contributed by atoms with Gasteiger partial charge in [0.1, 0.15) is 9.84 Å². The minimum Gasteiger partial charge on any atom is -0.304 e. The minimum absolute atomic E-state index is 0.349. The topological polar surface area (TPSA) is 47.1 Å². The summed E-state index contributed by atoms with van der Waals surface area (Å²) < 4.78 is 24.3. The third-order valence-electron chi connectivity index (χ3n) is 5.05. The summed E-state index contributed by atoms with van der Waals surface area (Å²) in [6, 6.07) is 0. The number of piperazine rings is 2. The highest BCUT2D eigenvalue weighted by molar-refractivity contribution is 7.91. The van der Waals surface area contributed by atoms with E-state index in [4.69, 9.17) is 0 Å². The molecule has 0 radical (unpaired) electrons. The van der Waals surface area contributed by atoms with E-state index in [1.165, 1.54) is 0 Å². The molecule has 2 saturated heterocycles. The molecule has 0 aromatic rings. The van der Waals surface area contributed by atoms with Crippen LogP contribution in [0.2, 0.25) is 0 Å². The molecule has 2 aliphatic heterocycles. The maximum atomic E-state index is 12.2. The quantitative estimate of drug-likeness (QED) is 0.600. The summed E-state index contributed by atoms with van der Waals surface area (Å²) in [5, 5.41) is 0. The fraction of sp³-hybridized carbons (Fsp3) is 1.00. The second kappa shape index (κ2) is 9.32. The van der Waals surface area contributed by atoms with Crippen LogP contribution in [0.1, 0.15) is 12.8 Å². The largest absolute Gasteiger partial charge is 0.304 e. The molecule has 0 atom stereocenters. The van der Waals surface area contributed by atoms with E-state index in [0.717, 1.165) is 78.3 Å². The summed E-state index contributed by atoms with van der Waals surface area (Å²) in [4.78, 5) is 9.43. The van der Waals surface area contributed by atoms with Gasteiger partial charge in [-0.1, -0.05) is 0 Å². The predicted molar refractivity (Wildman–Crippen MR) is 95.8 cm³/mol. The van der Waals surface area contributed by atoms with Gasteiger partial charge in [0, 0.05) is 52.4 Å². The van der Waals surface area contributed by atoms with Crippen LogP contribution in [0, 0.1) is 0 Å². The highest BCUT2D eigenvalue weighted by atomic mass is 32.2. The molecule has 0 amide bonds. The Kier molecular flexibility index (Phi) is 7.75. The lowest BCUT2D eigenvalue weighted by atomic mass is 10.3. The highest BCUT2D eigenvalue weighted by Crippen LogP contribution is 2.05. The van der Waals surface area contributed by atoms with Crippen LogP contribution in [-0.4, -0.2) is 119 Å². The highest BCUT2D eigenvalue weighted by Gasteiger charge is 2.17. The molecule has 2 heterocycles. The van der Waals surface area contributed by atoms with Gasteiger partial charge in [-0.25, -0.2) is 8.42 Å². The Bertz CT molecular complexity index is 393. The smallest absolute Gasteiger partial charge is 0.150 e. The molecule has 0 bridgehead atoms. The van der Waals surface area contributed by atoms with Gasteiger partial charge < -0.3 is 19.6 Å². The molecule has 6 nitrogen and oxygen atoms in total. The first-order valence-corrected chi connectivity index (χ1v) is 10.8. The molecule has 0 N–H and O–H groups in total. The molecule has 0 unspecified atom stereocenters. The molecule has 0 saturated carbocycles. The summed E-state index contributed by atoms with van der Waals surface area (Å²) in [5.74, 6) is 0.699. The van der Waals surface area contributed by atoms with Crippen LogP contribution in [-0.2, 0) is 9.84 Å². The first-order chi connectivity index (χ1) is 10.9. The minimum atomic E-state index is -2.88. The Morgan fingerprint density at radius 1 is 0.652 bits per heavy atom. The van der Waals surface area contributed by atoms with E-state index in [1.54, 1.807) is 0 Å². The van der Waals surface area contributed by atoms with Crippen molar-refractivity contribution in [1.82, 2.24) is 19.6 Å². The van der Waals surface area contributed by atoms with Gasteiger partial charge in [-0.05, 0) is 40.0 Å². The molecule has 2 rings (SSSR count). The molecular formula is C16H34N4O2S. The number of likely N-dealkylation sites (N-methyl/N-ethyl adjacent to an activating group) is 2. The fourth-order valence-corrected chi connectivity index (χ4v) is 4.60. The Morgan fingerprint density at radius 3 is 1.35 bits per heavy atom. The normalized spacial score (nSPS) is 23.4. The molecule has 23 heavy (non-hydrogen) atoms. The SMILES string of the molecule is CN1CCN(CCCS(=O)(=O)CCCN2CCN(C)CC2)CC1. The van der Waals surface area contributed by atoms with Crippen LogP contribution in [0.5, 0.6) is 0 Å². The lowest BCUT2D eigenvalue weighted by Gasteiger charge is -2.32. The first-order valence-electron chi connectivity index (χ1n) is 8.97. The first kappa shape index (κ1) is 19.1. The maximum absolute atomic E-state index is 12.2. The van der Waals surface area contributed by atoms with Crippen LogP contribution < -0.4 is 0 Å². The van der Waals surface area contributed by atoms with Crippen LogP contribution in [0.25, 0.3) is 0 Å². The van der Waals surface area contributed by atoms with Crippen molar-refractivity contribution >= 4 is 9.84 Å². The van der Waals surface area contributed by atoms with E-state index in [1.807, 2.05) is 0 Å². The van der Waals surface area contributed by atoms with Crippen LogP contribution in [0.4, 0.5) is 0 Å². The van der Waals surface area contributed by atoms with Gasteiger partial charge in [0.25, 0.3) is 0 Å². The van der Waals surface area contributed by atoms with Gasteiger partial charge in [0.05, 0.1) is 11.5 Å². The molecule has 0 aliphatic carbocycles.